The van der Waals surface area contributed by atoms with E-state index in [-0.39, 0.29) is 18.9 Å². The number of anilines is 1. The van der Waals surface area contributed by atoms with Crippen LogP contribution in [0.3, 0.4) is 0 Å². The first kappa shape index (κ1) is 15.8. The lowest BCUT2D eigenvalue weighted by Gasteiger charge is -2.13. The Morgan fingerprint density at radius 1 is 1.15 bits per heavy atom. The summed E-state index contributed by atoms with van der Waals surface area (Å²) >= 11 is 0. The fraction of sp³-hybridized carbons (Fsp3) is 0.333. The SMILES string of the molecule is CN(CCC(=O)O)C(=O)C=Cc1ccc(N(C)C)cc1. The molecule has 0 saturated carbocycles. The van der Waals surface area contributed by atoms with E-state index >= 15 is 0 Å². The smallest absolute Gasteiger partial charge is 0.305 e. The standard InChI is InChI=1S/C15H20N2O3/c1-16(2)13-7-4-12(5-8-13)6-9-14(18)17(3)11-10-15(19)20/h4-9H,10-11H2,1-3H3,(H,19,20). The number of carbonyl (C=O) groups is 2. The number of carboxylic acid groups (broad SMARTS) is 1. The summed E-state index contributed by atoms with van der Waals surface area (Å²) in [6.45, 7) is 0.206. The summed E-state index contributed by atoms with van der Waals surface area (Å²) < 4.78 is 0. The second kappa shape index (κ2) is 7.33. The summed E-state index contributed by atoms with van der Waals surface area (Å²) in [6.07, 6.45) is 3.12. The summed E-state index contributed by atoms with van der Waals surface area (Å²) in [4.78, 5) is 25.6. The predicted octanol–water partition coefficient (Wildman–Crippen LogP) is 1.70. The Balaban J connectivity index is 2.58. The molecule has 0 bridgehead atoms. The second-order valence-corrected chi connectivity index (χ2v) is 4.72. The third kappa shape index (κ3) is 5.14. The molecular formula is C15H20N2O3. The molecule has 0 radical (unpaired) electrons. The molecule has 1 aromatic rings. The van der Waals surface area contributed by atoms with Crippen molar-refractivity contribution < 1.29 is 14.7 Å². The van der Waals surface area contributed by atoms with Crippen LogP contribution in [-0.2, 0) is 9.59 Å². The van der Waals surface area contributed by atoms with E-state index in [1.165, 1.54) is 11.0 Å². The van der Waals surface area contributed by atoms with E-state index in [4.69, 9.17) is 5.11 Å². The first-order valence-electron chi connectivity index (χ1n) is 6.32. The van der Waals surface area contributed by atoms with Gasteiger partial charge in [0.25, 0.3) is 0 Å². The van der Waals surface area contributed by atoms with Crippen LogP contribution in [0.4, 0.5) is 5.69 Å². The van der Waals surface area contributed by atoms with Gasteiger partial charge in [-0.3, -0.25) is 9.59 Å². The normalized spacial score (nSPS) is 10.6. The first-order chi connectivity index (χ1) is 9.40. The lowest BCUT2D eigenvalue weighted by Crippen LogP contribution is -2.27. The molecule has 20 heavy (non-hydrogen) atoms. The van der Waals surface area contributed by atoms with Gasteiger partial charge in [0, 0.05) is 39.5 Å². The number of benzene rings is 1. The number of carboxylic acids is 1. The van der Waals surface area contributed by atoms with Crippen LogP contribution >= 0.6 is 0 Å². The van der Waals surface area contributed by atoms with Crippen LogP contribution in [0.1, 0.15) is 12.0 Å². The van der Waals surface area contributed by atoms with Gasteiger partial charge < -0.3 is 14.9 Å². The molecule has 0 aliphatic heterocycles. The molecule has 0 fully saturated rings. The molecule has 0 atom stereocenters. The molecule has 1 amide bonds. The lowest BCUT2D eigenvalue weighted by molar-refractivity contribution is -0.137. The minimum atomic E-state index is -0.909. The molecular weight excluding hydrogens is 256 g/mol. The van der Waals surface area contributed by atoms with Gasteiger partial charge in [-0.25, -0.2) is 0 Å². The molecule has 0 unspecified atom stereocenters. The Bertz CT molecular complexity index is 492. The average molecular weight is 276 g/mol. The summed E-state index contributed by atoms with van der Waals surface area (Å²) in [6, 6.07) is 7.79. The first-order valence-corrected chi connectivity index (χ1v) is 6.32. The van der Waals surface area contributed by atoms with Crippen LogP contribution in [0.2, 0.25) is 0 Å². The molecule has 5 nitrogen and oxygen atoms in total. The number of rotatable bonds is 6. The third-order valence-corrected chi connectivity index (χ3v) is 2.87. The van der Waals surface area contributed by atoms with Crippen molar-refractivity contribution in [3.8, 4) is 0 Å². The number of carbonyl (C=O) groups excluding carboxylic acids is 1. The van der Waals surface area contributed by atoms with Crippen LogP contribution < -0.4 is 4.90 Å². The zero-order valence-corrected chi connectivity index (χ0v) is 12.0. The monoisotopic (exact) mass is 276 g/mol. The molecule has 0 aliphatic carbocycles. The van der Waals surface area contributed by atoms with E-state index in [2.05, 4.69) is 0 Å². The summed E-state index contributed by atoms with van der Waals surface area (Å²) in [5.41, 5.74) is 2.02. The van der Waals surface area contributed by atoms with Crippen molar-refractivity contribution >= 4 is 23.6 Å². The maximum atomic E-state index is 11.7. The van der Waals surface area contributed by atoms with E-state index < -0.39 is 5.97 Å². The minimum absolute atomic E-state index is 0.0480. The van der Waals surface area contributed by atoms with Gasteiger partial charge >= 0.3 is 5.97 Å². The molecule has 108 valence electrons. The van der Waals surface area contributed by atoms with Crippen molar-refractivity contribution in [2.24, 2.45) is 0 Å². The van der Waals surface area contributed by atoms with E-state index in [0.29, 0.717) is 0 Å². The molecule has 0 aromatic heterocycles. The molecule has 0 saturated heterocycles. The molecule has 0 heterocycles. The van der Waals surface area contributed by atoms with Gasteiger partial charge in [-0.2, -0.15) is 0 Å². The van der Waals surface area contributed by atoms with Gasteiger partial charge in [0.1, 0.15) is 0 Å². The van der Waals surface area contributed by atoms with Gasteiger partial charge in [-0.15, -0.1) is 0 Å². The Kier molecular flexibility index (Phi) is 5.77. The van der Waals surface area contributed by atoms with Crippen molar-refractivity contribution in [3.63, 3.8) is 0 Å². The number of hydrogen-bond acceptors (Lipinski definition) is 3. The number of hydrogen-bond donors (Lipinski definition) is 1. The highest BCUT2D eigenvalue weighted by Gasteiger charge is 2.06. The van der Waals surface area contributed by atoms with Crippen LogP contribution in [0.25, 0.3) is 6.08 Å². The Hall–Kier alpha value is -2.30. The highest BCUT2D eigenvalue weighted by atomic mass is 16.4. The van der Waals surface area contributed by atoms with Gasteiger partial charge in [0.05, 0.1) is 6.42 Å². The van der Waals surface area contributed by atoms with Gasteiger partial charge in [-0.05, 0) is 23.8 Å². The van der Waals surface area contributed by atoms with Crippen LogP contribution in [-0.4, -0.2) is 49.6 Å². The Morgan fingerprint density at radius 3 is 2.25 bits per heavy atom. The van der Waals surface area contributed by atoms with Crippen molar-refractivity contribution in [2.75, 3.05) is 32.6 Å². The number of aliphatic carboxylic acids is 1. The number of amides is 1. The molecule has 1 N–H and O–H groups in total. The van der Waals surface area contributed by atoms with Gasteiger partial charge in [0.2, 0.25) is 5.91 Å². The zero-order chi connectivity index (χ0) is 15.1. The van der Waals surface area contributed by atoms with Crippen molar-refractivity contribution in [3.05, 3.63) is 35.9 Å². The van der Waals surface area contributed by atoms with Crippen LogP contribution in [0.5, 0.6) is 0 Å². The lowest BCUT2D eigenvalue weighted by atomic mass is 10.2. The molecule has 1 aromatic carbocycles. The maximum absolute atomic E-state index is 11.7. The second-order valence-electron chi connectivity index (χ2n) is 4.72. The Labute approximate surface area is 119 Å². The van der Waals surface area contributed by atoms with Crippen LogP contribution in [0, 0.1) is 0 Å². The molecule has 5 heteroatoms. The molecule has 0 spiro atoms. The van der Waals surface area contributed by atoms with Gasteiger partial charge in [0.15, 0.2) is 0 Å². The third-order valence-electron chi connectivity index (χ3n) is 2.87. The minimum Gasteiger partial charge on any atom is -0.481 e. The number of likely N-dealkylation sites (N-methyl/N-ethyl adjacent to an activating group) is 1. The van der Waals surface area contributed by atoms with Crippen LogP contribution in [0.15, 0.2) is 30.3 Å². The Morgan fingerprint density at radius 2 is 1.75 bits per heavy atom. The molecule has 1 rings (SSSR count). The largest absolute Gasteiger partial charge is 0.481 e. The fourth-order valence-electron chi connectivity index (χ4n) is 1.55. The highest BCUT2D eigenvalue weighted by Crippen LogP contribution is 2.13. The van der Waals surface area contributed by atoms with E-state index in [1.807, 2.05) is 43.3 Å². The van der Waals surface area contributed by atoms with Crippen molar-refractivity contribution in [1.82, 2.24) is 4.90 Å². The predicted molar refractivity (Wildman–Crippen MR) is 79.7 cm³/mol. The molecule has 0 aliphatic rings. The topological polar surface area (TPSA) is 60.9 Å². The zero-order valence-electron chi connectivity index (χ0n) is 12.0. The highest BCUT2D eigenvalue weighted by molar-refractivity contribution is 5.91. The van der Waals surface area contributed by atoms with E-state index in [9.17, 15) is 9.59 Å². The summed E-state index contributed by atoms with van der Waals surface area (Å²) in [5.74, 6) is -1.11. The maximum Gasteiger partial charge on any atom is 0.305 e. The van der Waals surface area contributed by atoms with Crippen molar-refractivity contribution in [2.45, 2.75) is 6.42 Å². The van der Waals surface area contributed by atoms with Gasteiger partial charge in [-0.1, -0.05) is 12.1 Å². The number of nitrogens with zero attached hydrogens (tertiary/aromatic N) is 2. The van der Waals surface area contributed by atoms with E-state index in [0.717, 1.165) is 11.3 Å². The fourth-order valence-corrected chi connectivity index (χ4v) is 1.55. The quantitative estimate of drug-likeness (QED) is 0.803. The average Bonchev–Trinajstić information content (AvgIpc) is 2.42. The summed E-state index contributed by atoms with van der Waals surface area (Å²) in [5, 5.41) is 8.56. The van der Waals surface area contributed by atoms with Crippen molar-refractivity contribution in [1.29, 1.82) is 0 Å². The summed E-state index contributed by atoms with van der Waals surface area (Å²) in [7, 11) is 5.52. The van der Waals surface area contributed by atoms with E-state index in [1.54, 1.807) is 13.1 Å².